The molecule has 3 aromatic heterocycles. The van der Waals surface area contributed by atoms with E-state index in [-0.39, 0.29) is 0 Å². The van der Waals surface area contributed by atoms with Crippen molar-refractivity contribution in [2.24, 2.45) is 0 Å². The van der Waals surface area contributed by atoms with Crippen LogP contribution in [0.2, 0.25) is 0 Å². The standard InChI is InChI=1S/C33H37N5O2/c1-2-24-15-16-34-30(22-24)37-20-18-36(19-21-37)27-13-11-26(12-14-27)35-33(40)32(39)31-29(25-8-4-3-5-9-25)23-28-10-6-7-17-38(28)31/h6-7,10-17,22-23,25H,2-5,8-9,18-21H2,1H3,(H,35,40). The summed E-state index contributed by atoms with van der Waals surface area (Å²) in [5, 5.41) is 2.86. The Morgan fingerprint density at radius 2 is 1.65 bits per heavy atom. The number of piperazine rings is 1. The summed E-state index contributed by atoms with van der Waals surface area (Å²) in [6, 6.07) is 20.0. The number of nitrogens with zero attached hydrogens (tertiary/aromatic N) is 4. The Morgan fingerprint density at radius 1 is 0.900 bits per heavy atom. The summed E-state index contributed by atoms with van der Waals surface area (Å²) in [5.74, 6) is 0.299. The third-order valence-electron chi connectivity index (χ3n) is 8.49. The predicted octanol–water partition coefficient (Wildman–Crippen LogP) is 6.09. The molecular formula is C33H37N5O2. The van der Waals surface area contributed by atoms with E-state index in [9.17, 15) is 9.59 Å². The van der Waals surface area contributed by atoms with E-state index in [0.29, 0.717) is 17.3 Å². The van der Waals surface area contributed by atoms with Crippen LogP contribution in [0.1, 0.15) is 66.6 Å². The molecule has 0 spiro atoms. The maximum Gasteiger partial charge on any atom is 0.298 e. The molecule has 40 heavy (non-hydrogen) atoms. The van der Waals surface area contributed by atoms with Crippen LogP contribution >= 0.6 is 0 Å². The van der Waals surface area contributed by atoms with Gasteiger partial charge in [-0.3, -0.25) is 9.59 Å². The van der Waals surface area contributed by atoms with Gasteiger partial charge in [0, 0.05) is 55.5 Å². The minimum absolute atomic E-state index is 0.325. The smallest absolute Gasteiger partial charge is 0.298 e. The maximum atomic E-state index is 13.5. The Bertz CT molecular complexity index is 1500. The summed E-state index contributed by atoms with van der Waals surface area (Å²) in [4.78, 5) is 36.0. The van der Waals surface area contributed by atoms with E-state index in [2.05, 4.69) is 45.2 Å². The number of aryl methyl sites for hydroxylation is 1. The highest BCUT2D eigenvalue weighted by Gasteiger charge is 2.29. The van der Waals surface area contributed by atoms with E-state index >= 15 is 0 Å². The van der Waals surface area contributed by atoms with Gasteiger partial charge in [0.1, 0.15) is 11.5 Å². The summed E-state index contributed by atoms with van der Waals surface area (Å²) >= 11 is 0. The molecule has 0 atom stereocenters. The first kappa shape index (κ1) is 26.1. The first-order chi connectivity index (χ1) is 19.6. The Hall–Kier alpha value is -4.13. The fourth-order valence-corrected chi connectivity index (χ4v) is 6.21. The number of hydrogen-bond donors (Lipinski definition) is 1. The van der Waals surface area contributed by atoms with Crippen molar-refractivity contribution < 1.29 is 9.59 Å². The molecule has 4 aromatic rings. The van der Waals surface area contributed by atoms with Gasteiger partial charge < -0.3 is 19.5 Å². The molecule has 206 valence electrons. The molecule has 6 rings (SSSR count). The van der Waals surface area contributed by atoms with Crippen molar-refractivity contribution in [1.82, 2.24) is 9.38 Å². The number of benzene rings is 1. The second-order valence-electron chi connectivity index (χ2n) is 11.0. The number of rotatable bonds is 7. The molecule has 0 unspecified atom stereocenters. The lowest BCUT2D eigenvalue weighted by Gasteiger charge is -2.37. The normalized spacial score (nSPS) is 16.3. The Balaban J connectivity index is 1.12. The van der Waals surface area contributed by atoms with Gasteiger partial charge >= 0.3 is 0 Å². The van der Waals surface area contributed by atoms with Crippen LogP contribution in [0.3, 0.4) is 0 Å². The third kappa shape index (κ3) is 5.33. The minimum Gasteiger partial charge on any atom is -0.368 e. The molecule has 1 N–H and O–H groups in total. The summed E-state index contributed by atoms with van der Waals surface area (Å²) < 4.78 is 1.88. The third-order valence-corrected chi connectivity index (χ3v) is 8.49. The van der Waals surface area contributed by atoms with Gasteiger partial charge in [-0.25, -0.2) is 4.98 Å². The van der Waals surface area contributed by atoms with Crippen LogP contribution in [0.5, 0.6) is 0 Å². The van der Waals surface area contributed by atoms with Crippen LogP contribution in [0.15, 0.2) is 73.1 Å². The van der Waals surface area contributed by atoms with Crippen LogP contribution in [0.25, 0.3) is 5.52 Å². The predicted molar refractivity (Wildman–Crippen MR) is 161 cm³/mol. The van der Waals surface area contributed by atoms with Crippen molar-refractivity contribution in [2.75, 3.05) is 41.3 Å². The van der Waals surface area contributed by atoms with Crippen LogP contribution in [0.4, 0.5) is 17.2 Å². The maximum absolute atomic E-state index is 13.5. The molecule has 1 aliphatic carbocycles. The first-order valence-electron chi connectivity index (χ1n) is 14.6. The molecular weight excluding hydrogens is 498 g/mol. The van der Waals surface area contributed by atoms with Crippen LogP contribution in [-0.4, -0.2) is 47.3 Å². The molecule has 2 fully saturated rings. The number of amides is 1. The van der Waals surface area contributed by atoms with Gasteiger partial charge in [-0.1, -0.05) is 32.3 Å². The number of pyridine rings is 2. The summed E-state index contributed by atoms with van der Waals surface area (Å²) in [7, 11) is 0. The highest BCUT2D eigenvalue weighted by Crippen LogP contribution is 2.36. The number of carbonyl (C=O) groups excluding carboxylic acids is 2. The number of anilines is 3. The van der Waals surface area contributed by atoms with Gasteiger partial charge in [-0.05, 0) is 90.9 Å². The van der Waals surface area contributed by atoms with E-state index in [0.717, 1.165) is 68.0 Å². The Labute approximate surface area is 235 Å². The second-order valence-corrected chi connectivity index (χ2v) is 11.0. The molecule has 2 aliphatic rings. The fraction of sp³-hybridized carbons (Fsp3) is 0.364. The Morgan fingerprint density at radius 3 is 2.40 bits per heavy atom. The van der Waals surface area contributed by atoms with E-state index in [1.807, 2.05) is 59.3 Å². The quantitative estimate of drug-likeness (QED) is 0.229. The lowest BCUT2D eigenvalue weighted by molar-refractivity contribution is -0.112. The van der Waals surface area contributed by atoms with Crippen molar-refractivity contribution in [3.63, 3.8) is 0 Å². The van der Waals surface area contributed by atoms with Gasteiger partial charge in [0.2, 0.25) is 0 Å². The number of ketones is 1. The van der Waals surface area contributed by atoms with Gasteiger partial charge in [-0.2, -0.15) is 0 Å². The molecule has 1 amide bonds. The molecule has 1 aliphatic heterocycles. The van der Waals surface area contributed by atoms with E-state index in [1.54, 1.807) is 0 Å². The lowest BCUT2D eigenvalue weighted by atomic mass is 9.83. The van der Waals surface area contributed by atoms with Gasteiger partial charge in [-0.15, -0.1) is 0 Å². The molecule has 1 saturated carbocycles. The zero-order valence-corrected chi connectivity index (χ0v) is 23.2. The van der Waals surface area contributed by atoms with Crippen molar-refractivity contribution in [2.45, 2.75) is 51.4 Å². The number of aromatic nitrogens is 2. The van der Waals surface area contributed by atoms with Crippen molar-refractivity contribution in [1.29, 1.82) is 0 Å². The van der Waals surface area contributed by atoms with Crippen molar-refractivity contribution in [3.8, 4) is 0 Å². The topological polar surface area (TPSA) is 70.0 Å². The zero-order valence-electron chi connectivity index (χ0n) is 23.2. The van der Waals surface area contributed by atoms with Crippen LogP contribution < -0.4 is 15.1 Å². The molecule has 0 radical (unpaired) electrons. The van der Waals surface area contributed by atoms with E-state index in [4.69, 9.17) is 0 Å². The molecule has 1 aromatic carbocycles. The number of nitrogens with one attached hydrogen (secondary N) is 1. The van der Waals surface area contributed by atoms with E-state index < -0.39 is 11.7 Å². The molecule has 7 nitrogen and oxygen atoms in total. The van der Waals surface area contributed by atoms with Crippen molar-refractivity contribution >= 4 is 34.4 Å². The molecule has 7 heteroatoms. The SMILES string of the molecule is CCc1ccnc(N2CCN(c3ccc(NC(=O)C(=O)c4c(C5CCCCC5)cc5ccccn45)cc3)CC2)c1. The lowest BCUT2D eigenvalue weighted by Crippen LogP contribution is -2.46. The highest BCUT2D eigenvalue weighted by molar-refractivity contribution is 6.46. The second kappa shape index (κ2) is 11.5. The minimum atomic E-state index is -0.593. The van der Waals surface area contributed by atoms with E-state index in [1.165, 1.54) is 24.8 Å². The monoisotopic (exact) mass is 535 g/mol. The largest absolute Gasteiger partial charge is 0.368 e. The average molecular weight is 536 g/mol. The summed E-state index contributed by atoms with van der Waals surface area (Å²) in [6.07, 6.45) is 10.5. The van der Waals surface area contributed by atoms with Crippen LogP contribution in [-0.2, 0) is 11.2 Å². The zero-order chi connectivity index (χ0) is 27.5. The summed E-state index contributed by atoms with van der Waals surface area (Å²) in [6.45, 7) is 5.76. The molecule has 1 saturated heterocycles. The molecule has 4 heterocycles. The van der Waals surface area contributed by atoms with Crippen molar-refractivity contribution in [3.05, 3.63) is 89.9 Å². The van der Waals surface area contributed by atoms with Gasteiger partial charge in [0.25, 0.3) is 11.7 Å². The van der Waals surface area contributed by atoms with Gasteiger partial charge in [0.15, 0.2) is 0 Å². The fourth-order valence-electron chi connectivity index (χ4n) is 6.21. The molecule has 0 bridgehead atoms. The number of fused-ring (bicyclic) bond motifs is 1. The number of Topliss-reactive ketones (excluding diaryl/α,β-unsaturated/α-hetero) is 1. The number of hydrogen-bond acceptors (Lipinski definition) is 5. The first-order valence-corrected chi connectivity index (χ1v) is 14.6. The van der Waals surface area contributed by atoms with Gasteiger partial charge in [0.05, 0.1) is 0 Å². The number of carbonyl (C=O) groups is 2. The highest BCUT2D eigenvalue weighted by atomic mass is 16.2. The Kier molecular flexibility index (Phi) is 7.53. The van der Waals surface area contributed by atoms with Crippen LogP contribution in [0, 0.1) is 0 Å². The average Bonchev–Trinajstić information content (AvgIpc) is 3.41. The summed E-state index contributed by atoms with van der Waals surface area (Å²) in [5.41, 5.74) is 5.51.